The maximum absolute atomic E-state index is 5.66. The number of nitrogens with zero attached hydrogens (tertiary/aromatic N) is 1. The lowest BCUT2D eigenvalue weighted by Crippen LogP contribution is -2.40. The van der Waals surface area contributed by atoms with Gasteiger partial charge in [-0.3, -0.25) is 4.99 Å². The van der Waals surface area contributed by atoms with Crippen LogP contribution in [0, 0.1) is 0 Å². The van der Waals surface area contributed by atoms with Crippen LogP contribution in [0.1, 0.15) is 12.5 Å². The first-order chi connectivity index (χ1) is 12.3. The topological polar surface area (TPSA) is 54.9 Å². The van der Waals surface area contributed by atoms with Gasteiger partial charge in [-0.25, -0.2) is 0 Å². The summed E-state index contributed by atoms with van der Waals surface area (Å²) in [6, 6.07) is 17.9. The molecule has 0 radical (unpaired) electrons. The Balaban J connectivity index is 0.00000338. The standard InChI is InChI=1S/C20H27N3O2.HI/c1-3-24-19-12-8-7-9-17(19)13-14-22-20(21-2)23-15-16-25-18-10-5-4-6-11-18;/h4-12H,3,13-16H2,1-2H3,(H2,21,22,23);1H. The van der Waals surface area contributed by atoms with E-state index < -0.39 is 0 Å². The van der Waals surface area contributed by atoms with Crippen LogP contribution in [0.25, 0.3) is 0 Å². The van der Waals surface area contributed by atoms with Crippen LogP contribution < -0.4 is 20.1 Å². The first kappa shape index (κ1) is 22.1. The first-order valence-electron chi connectivity index (χ1n) is 8.66. The quantitative estimate of drug-likeness (QED) is 0.256. The molecule has 2 rings (SSSR count). The summed E-state index contributed by atoms with van der Waals surface area (Å²) in [5, 5.41) is 6.56. The van der Waals surface area contributed by atoms with E-state index in [1.807, 2.05) is 55.5 Å². The van der Waals surface area contributed by atoms with Crippen LogP contribution in [0.2, 0.25) is 0 Å². The molecule has 0 saturated heterocycles. The van der Waals surface area contributed by atoms with Gasteiger partial charge in [-0.15, -0.1) is 24.0 Å². The van der Waals surface area contributed by atoms with Crippen LogP contribution in [-0.2, 0) is 6.42 Å². The van der Waals surface area contributed by atoms with Crippen molar-refractivity contribution >= 4 is 29.9 Å². The highest BCUT2D eigenvalue weighted by Crippen LogP contribution is 2.17. The summed E-state index contributed by atoms with van der Waals surface area (Å²) in [4.78, 5) is 4.23. The second-order valence-electron chi connectivity index (χ2n) is 5.38. The summed E-state index contributed by atoms with van der Waals surface area (Å²) in [6.07, 6.45) is 0.872. The van der Waals surface area contributed by atoms with Gasteiger partial charge < -0.3 is 20.1 Å². The highest BCUT2D eigenvalue weighted by atomic mass is 127. The third kappa shape index (κ3) is 7.95. The van der Waals surface area contributed by atoms with Crippen molar-refractivity contribution in [1.29, 1.82) is 0 Å². The third-order valence-corrected chi connectivity index (χ3v) is 3.59. The smallest absolute Gasteiger partial charge is 0.191 e. The van der Waals surface area contributed by atoms with Crippen LogP contribution in [-0.4, -0.2) is 39.3 Å². The van der Waals surface area contributed by atoms with E-state index in [1.165, 1.54) is 5.56 Å². The summed E-state index contributed by atoms with van der Waals surface area (Å²) in [5.41, 5.74) is 1.19. The number of halogens is 1. The number of ether oxygens (including phenoxy) is 2. The van der Waals surface area contributed by atoms with E-state index in [2.05, 4.69) is 21.7 Å². The van der Waals surface area contributed by atoms with Gasteiger partial charge in [-0.1, -0.05) is 36.4 Å². The molecule has 0 fully saturated rings. The number of rotatable bonds is 9. The summed E-state index contributed by atoms with van der Waals surface area (Å²) < 4.78 is 11.3. The molecule has 0 atom stereocenters. The fourth-order valence-electron chi connectivity index (χ4n) is 2.40. The molecule has 142 valence electrons. The molecule has 0 aliphatic carbocycles. The monoisotopic (exact) mass is 469 g/mol. The molecule has 0 heterocycles. The van der Waals surface area contributed by atoms with Gasteiger partial charge in [0.15, 0.2) is 5.96 Å². The molecule has 2 aromatic rings. The van der Waals surface area contributed by atoms with E-state index in [-0.39, 0.29) is 24.0 Å². The van der Waals surface area contributed by atoms with Crippen molar-refractivity contribution in [2.75, 3.05) is 33.4 Å². The Kier molecular flexibility index (Phi) is 11.3. The Morgan fingerprint density at radius 1 is 0.923 bits per heavy atom. The number of benzene rings is 2. The number of guanidine groups is 1. The van der Waals surface area contributed by atoms with E-state index in [1.54, 1.807) is 7.05 Å². The highest BCUT2D eigenvalue weighted by Gasteiger charge is 2.03. The van der Waals surface area contributed by atoms with Crippen LogP contribution >= 0.6 is 24.0 Å². The molecule has 2 N–H and O–H groups in total. The Hall–Kier alpha value is -1.96. The van der Waals surface area contributed by atoms with E-state index in [9.17, 15) is 0 Å². The lowest BCUT2D eigenvalue weighted by molar-refractivity contribution is 0.322. The molecule has 0 amide bonds. The average Bonchev–Trinajstić information content (AvgIpc) is 2.66. The second kappa shape index (κ2) is 13.3. The maximum atomic E-state index is 5.66. The van der Waals surface area contributed by atoms with Crippen molar-refractivity contribution in [3.8, 4) is 11.5 Å². The van der Waals surface area contributed by atoms with E-state index in [0.29, 0.717) is 19.8 Å². The molecule has 6 heteroatoms. The molecule has 0 saturated carbocycles. The van der Waals surface area contributed by atoms with Crippen molar-refractivity contribution in [1.82, 2.24) is 10.6 Å². The Morgan fingerprint density at radius 3 is 2.35 bits per heavy atom. The molecular formula is C20H28IN3O2. The van der Waals surface area contributed by atoms with Crippen molar-refractivity contribution in [3.63, 3.8) is 0 Å². The third-order valence-electron chi connectivity index (χ3n) is 3.59. The van der Waals surface area contributed by atoms with E-state index in [4.69, 9.17) is 9.47 Å². The van der Waals surface area contributed by atoms with Crippen LogP contribution in [0.15, 0.2) is 59.6 Å². The van der Waals surface area contributed by atoms with Gasteiger partial charge in [-0.05, 0) is 37.1 Å². The van der Waals surface area contributed by atoms with Crippen LogP contribution in [0.5, 0.6) is 11.5 Å². The predicted molar refractivity (Wildman–Crippen MR) is 118 cm³/mol. The minimum Gasteiger partial charge on any atom is -0.494 e. The largest absolute Gasteiger partial charge is 0.494 e. The van der Waals surface area contributed by atoms with E-state index in [0.717, 1.165) is 30.4 Å². The summed E-state index contributed by atoms with van der Waals surface area (Å²) >= 11 is 0. The Labute approximate surface area is 173 Å². The number of hydrogen-bond acceptors (Lipinski definition) is 3. The fraction of sp³-hybridized carbons (Fsp3) is 0.350. The van der Waals surface area contributed by atoms with Gasteiger partial charge in [0.05, 0.1) is 13.2 Å². The molecule has 0 bridgehead atoms. The maximum Gasteiger partial charge on any atom is 0.191 e. The molecule has 0 spiro atoms. The Morgan fingerprint density at radius 2 is 1.62 bits per heavy atom. The van der Waals surface area contributed by atoms with Crippen molar-refractivity contribution in [3.05, 3.63) is 60.2 Å². The highest BCUT2D eigenvalue weighted by molar-refractivity contribution is 14.0. The SMILES string of the molecule is CCOc1ccccc1CCNC(=NC)NCCOc1ccccc1.I. The zero-order valence-electron chi connectivity index (χ0n) is 15.4. The number of hydrogen-bond donors (Lipinski definition) is 2. The first-order valence-corrected chi connectivity index (χ1v) is 8.66. The molecule has 26 heavy (non-hydrogen) atoms. The second-order valence-corrected chi connectivity index (χ2v) is 5.38. The zero-order chi connectivity index (χ0) is 17.7. The summed E-state index contributed by atoms with van der Waals surface area (Å²) in [6.45, 7) is 4.72. The van der Waals surface area contributed by atoms with E-state index >= 15 is 0 Å². The van der Waals surface area contributed by atoms with Gasteiger partial charge in [0.1, 0.15) is 18.1 Å². The molecule has 5 nitrogen and oxygen atoms in total. The van der Waals surface area contributed by atoms with Gasteiger partial charge in [0.2, 0.25) is 0 Å². The lowest BCUT2D eigenvalue weighted by Gasteiger charge is -2.14. The number of nitrogens with one attached hydrogen (secondary N) is 2. The number of para-hydroxylation sites is 2. The minimum atomic E-state index is 0. The summed E-state index contributed by atoms with van der Waals surface area (Å²) in [5.74, 6) is 2.59. The van der Waals surface area contributed by atoms with Crippen molar-refractivity contribution < 1.29 is 9.47 Å². The lowest BCUT2D eigenvalue weighted by atomic mass is 10.1. The minimum absolute atomic E-state index is 0. The van der Waals surface area contributed by atoms with Gasteiger partial charge in [0, 0.05) is 13.6 Å². The molecular weight excluding hydrogens is 441 g/mol. The normalized spacial score (nSPS) is 10.6. The van der Waals surface area contributed by atoms with Gasteiger partial charge >= 0.3 is 0 Å². The fourth-order valence-corrected chi connectivity index (χ4v) is 2.40. The van der Waals surface area contributed by atoms with Crippen LogP contribution in [0.4, 0.5) is 0 Å². The van der Waals surface area contributed by atoms with Gasteiger partial charge in [0.25, 0.3) is 0 Å². The predicted octanol–water partition coefficient (Wildman–Crippen LogP) is 3.49. The number of aliphatic imine (C=N–C) groups is 1. The molecule has 2 aromatic carbocycles. The average molecular weight is 469 g/mol. The molecule has 0 unspecified atom stereocenters. The van der Waals surface area contributed by atoms with Crippen LogP contribution in [0.3, 0.4) is 0 Å². The summed E-state index contributed by atoms with van der Waals surface area (Å²) in [7, 11) is 1.77. The molecule has 0 aliphatic heterocycles. The van der Waals surface area contributed by atoms with Gasteiger partial charge in [-0.2, -0.15) is 0 Å². The van der Waals surface area contributed by atoms with Crippen molar-refractivity contribution in [2.24, 2.45) is 4.99 Å². The Bertz CT molecular complexity index is 651. The molecule has 0 aliphatic rings. The molecule has 0 aromatic heterocycles. The van der Waals surface area contributed by atoms with Crippen molar-refractivity contribution in [2.45, 2.75) is 13.3 Å². The zero-order valence-corrected chi connectivity index (χ0v) is 17.7.